The van der Waals surface area contributed by atoms with Crippen LogP contribution in [-0.4, -0.2) is 6.10 Å². The number of ether oxygens (including phenoxy) is 1. The van der Waals surface area contributed by atoms with Crippen LogP contribution in [-0.2, 0) is 0 Å². The zero-order chi connectivity index (χ0) is 9.97. The van der Waals surface area contributed by atoms with Gasteiger partial charge in [-0.05, 0) is 79.0 Å². The summed E-state index contributed by atoms with van der Waals surface area (Å²) in [7, 11) is 0. The second-order valence-electron chi connectivity index (χ2n) is 3.94. The Balaban J connectivity index is 2.05. The van der Waals surface area contributed by atoms with Gasteiger partial charge in [-0.25, -0.2) is 0 Å². The van der Waals surface area contributed by atoms with E-state index in [4.69, 9.17) is 4.74 Å². The Bertz CT molecular complexity index is 316. The third-order valence-electron chi connectivity index (χ3n) is 2.73. The van der Waals surface area contributed by atoms with Crippen molar-refractivity contribution in [3.8, 4) is 5.75 Å². The lowest BCUT2D eigenvalue weighted by Crippen LogP contribution is -2.10. The van der Waals surface area contributed by atoms with E-state index in [-0.39, 0.29) is 0 Å². The molecule has 0 bridgehead atoms. The third kappa shape index (κ3) is 2.41. The van der Waals surface area contributed by atoms with Gasteiger partial charge in [0.1, 0.15) is 5.75 Å². The lowest BCUT2D eigenvalue weighted by molar-refractivity contribution is 0.210. The molecule has 1 nitrogen and oxygen atoms in total. The van der Waals surface area contributed by atoms with E-state index in [2.05, 4.69) is 47.7 Å². The first-order valence-corrected chi connectivity index (χ1v) is 6.26. The predicted octanol–water partition coefficient (Wildman–Crippen LogP) is 3.92. The highest BCUT2D eigenvalue weighted by Crippen LogP contribution is 2.25. The molecular weight excluding hydrogens is 287 g/mol. The summed E-state index contributed by atoms with van der Waals surface area (Å²) in [6, 6.07) is 6.34. The Morgan fingerprint density at radius 3 is 2.64 bits per heavy atom. The van der Waals surface area contributed by atoms with Crippen LogP contribution in [0.2, 0.25) is 0 Å². The van der Waals surface area contributed by atoms with Crippen LogP contribution >= 0.6 is 22.6 Å². The van der Waals surface area contributed by atoms with Gasteiger partial charge in [0.2, 0.25) is 0 Å². The zero-order valence-corrected chi connectivity index (χ0v) is 10.6. The molecule has 0 atom stereocenters. The quantitative estimate of drug-likeness (QED) is 0.752. The van der Waals surface area contributed by atoms with Crippen molar-refractivity contribution in [2.75, 3.05) is 0 Å². The monoisotopic (exact) mass is 302 g/mol. The van der Waals surface area contributed by atoms with Crippen LogP contribution in [0.5, 0.6) is 5.75 Å². The molecule has 0 aliphatic heterocycles. The van der Waals surface area contributed by atoms with E-state index in [9.17, 15) is 0 Å². The van der Waals surface area contributed by atoms with Crippen molar-refractivity contribution in [3.05, 3.63) is 27.3 Å². The number of aryl methyl sites for hydroxylation is 1. The van der Waals surface area contributed by atoms with E-state index in [1.807, 2.05) is 0 Å². The molecule has 2 rings (SSSR count). The Hall–Kier alpha value is -0.250. The van der Waals surface area contributed by atoms with Crippen molar-refractivity contribution < 1.29 is 4.74 Å². The Kier molecular flexibility index (Phi) is 3.31. The average molecular weight is 302 g/mol. The molecule has 0 saturated heterocycles. The average Bonchev–Trinajstić information content (AvgIpc) is 2.64. The number of hydrogen-bond donors (Lipinski definition) is 0. The van der Waals surface area contributed by atoms with E-state index in [1.165, 1.54) is 34.8 Å². The minimum atomic E-state index is 0.467. The molecule has 76 valence electrons. The van der Waals surface area contributed by atoms with Crippen LogP contribution in [0.25, 0.3) is 0 Å². The molecule has 1 aliphatic carbocycles. The molecule has 2 heteroatoms. The Morgan fingerprint density at radius 1 is 1.29 bits per heavy atom. The number of halogens is 1. The lowest BCUT2D eigenvalue weighted by Gasteiger charge is -2.13. The molecule has 0 spiro atoms. The summed E-state index contributed by atoms with van der Waals surface area (Å²) in [5.41, 5.74) is 1.31. The highest BCUT2D eigenvalue weighted by atomic mass is 127. The fourth-order valence-corrected chi connectivity index (χ4v) is 2.22. The largest absolute Gasteiger partial charge is 0.490 e. The molecule has 1 fully saturated rings. The Labute approximate surface area is 99.0 Å². The summed E-state index contributed by atoms with van der Waals surface area (Å²) in [4.78, 5) is 0. The molecule has 14 heavy (non-hydrogen) atoms. The first kappa shape index (κ1) is 10.3. The van der Waals surface area contributed by atoms with Crippen molar-refractivity contribution in [2.45, 2.75) is 38.7 Å². The number of hydrogen-bond acceptors (Lipinski definition) is 1. The molecule has 1 saturated carbocycles. The van der Waals surface area contributed by atoms with Crippen LogP contribution in [0.3, 0.4) is 0 Å². The van der Waals surface area contributed by atoms with Gasteiger partial charge in [0.15, 0.2) is 0 Å². The minimum absolute atomic E-state index is 0.467. The van der Waals surface area contributed by atoms with Gasteiger partial charge in [0.05, 0.1) is 6.10 Å². The molecule has 0 radical (unpaired) electrons. The van der Waals surface area contributed by atoms with Crippen LogP contribution in [0.1, 0.15) is 31.2 Å². The van der Waals surface area contributed by atoms with E-state index >= 15 is 0 Å². The van der Waals surface area contributed by atoms with Gasteiger partial charge in [-0.15, -0.1) is 0 Å². The summed E-state index contributed by atoms with van der Waals surface area (Å²) in [6.07, 6.45) is 5.58. The number of benzene rings is 1. The maximum absolute atomic E-state index is 5.91. The standard InChI is InChI=1S/C12H15IO/c1-9-8-11(6-7-12(9)13)14-10-4-2-3-5-10/h6-8,10H,2-5H2,1H3. The fraction of sp³-hybridized carbons (Fsp3) is 0.500. The van der Waals surface area contributed by atoms with E-state index in [1.54, 1.807) is 0 Å². The molecule has 1 aliphatic rings. The van der Waals surface area contributed by atoms with Crippen molar-refractivity contribution >= 4 is 22.6 Å². The summed E-state index contributed by atoms with van der Waals surface area (Å²) >= 11 is 2.35. The molecule has 0 unspecified atom stereocenters. The van der Waals surface area contributed by atoms with E-state index < -0.39 is 0 Å². The van der Waals surface area contributed by atoms with Crippen molar-refractivity contribution in [3.63, 3.8) is 0 Å². The summed E-state index contributed by atoms with van der Waals surface area (Å²) < 4.78 is 7.21. The SMILES string of the molecule is Cc1cc(OC2CCCC2)ccc1I. The maximum atomic E-state index is 5.91. The fourth-order valence-electron chi connectivity index (χ4n) is 1.89. The third-order valence-corrected chi connectivity index (χ3v) is 3.94. The van der Waals surface area contributed by atoms with Gasteiger partial charge in [-0.1, -0.05) is 0 Å². The highest BCUT2D eigenvalue weighted by Gasteiger charge is 2.16. The first-order valence-electron chi connectivity index (χ1n) is 5.18. The molecule has 0 amide bonds. The van der Waals surface area contributed by atoms with E-state index in [0.717, 1.165) is 5.75 Å². The second-order valence-corrected chi connectivity index (χ2v) is 5.10. The zero-order valence-electron chi connectivity index (χ0n) is 8.42. The Morgan fingerprint density at radius 2 is 2.00 bits per heavy atom. The minimum Gasteiger partial charge on any atom is -0.490 e. The van der Waals surface area contributed by atoms with E-state index in [0.29, 0.717) is 6.10 Å². The molecule has 0 heterocycles. The molecular formula is C12H15IO. The van der Waals surface area contributed by atoms with Gasteiger partial charge in [-0.3, -0.25) is 0 Å². The van der Waals surface area contributed by atoms with Crippen molar-refractivity contribution in [1.82, 2.24) is 0 Å². The molecule has 0 aromatic heterocycles. The smallest absolute Gasteiger partial charge is 0.120 e. The summed E-state index contributed by atoms with van der Waals surface area (Å²) in [5, 5.41) is 0. The second kappa shape index (κ2) is 4.51. The van der Waals surface area contributed by atoms with Crippen LogP contribution in [0.15, 0.2) is 18.2 Å². The first-order chi connectivity index (χ1) is 6.75. The van der Waals surface area contributed by atoms with Crippen LogP contribution < -0.4 is 4.74 Å². The number of rotatable bonds is 2. The van der Waals surface area contributed by atoms with Crippen molar-refractivity contribution in [2.24, 2.45) is 0 Å². The van der Waals surface area contributed by atoms with Crippen LogP contribution in [0, 0.1) is 10.5 Å². The van der Waals surface area contributed by atoms with Gasteiger partial charge in [0.25, 0.3) is 0 Å². The maximum Gasteiger partial charge on any atom is 0.120 e. The summed E-state index contributed by atoms with van der Waals surface area (Å²) in [5.74, 6) is 1.04. The van der Waals surface area contributed by atoms with Gasteiger partial charge in [0, 0.05) is 3.57 Å². The molecule has 1 aromatic rings. The normalized spacial score (nSPS) is 17.3. The van der Waals surface area contributed by atoms with Crippen molar-refractivity contribution in [1.29, 1.82) is 0 Å². The van der Waals surface area contributed by atoms with Gasteiger partial charge >= 0.3 is 0 Å². The summed E-state index contributed by atoms with van der Waals surface area (Å²) in [6.45, 7) is 2.13. The highest BCUT2D eigenvalue weighted by molar-refractivity contribution is 14.1. The van der Waals surface area contributed by atoms with Gasteiger partial charge in [-0.2, -0.15) is 0 Å². The molecule has 0 N–H and O–H groups in total. The van der Waals surface area contributed by atoms with Crippen LogP contribution in [0.4, 0.5) is 0 Å². The molecule has 1 aromatic carbocycles. The van der Waals surface area contributed by atoms with Gasteiger partial charge < -0.3 is 4.74 Å². The topological polar surface area (TPSA) is 9.23 Å². The predicted molar refractivity (Wildman–Crippen MR) is 66.8 cm³/mol. The lowest BCUT2D eigenvalue weighted by atomic mass is 10.2.